The van der Waals surface area contributed by atoms with Gasteiger partial charge in [-0.05, 0) is 51.5 Å². The largest absolute Gasteiger partial charge is 0.444 e. The summed E-state index contributed by atoms with van der Waals surface area (Å²) in [5.41, 5.74) is 0.513. The van der Waals surface area contributed by atoms with Gasteiger partial charge in [0, 0.05) is 0 Å². The van der Waals surface area contributed by atoms with Crippen molar-refractivity contribution < 1.29 is 9.53 Å². The monoisotopic (exact) mass is 379 g/mol. The standard InChI is InChI=1S/C22H25N3O3/c1-5-17(24-21(27)28-22(2,3)4)19-23-18-14-10-9-13-16(18)20(26)25(19)15-11-7-6-8-12-15/h6-14,17H,5H2,1-4H3,(H,24,27). The van der Waals surface area contributed by atoms with Gasteiger partial charge in [-0.1, -0.05) is 37.3 Å². The summed E-state index contributed by atoms with van der Waals surface area (Å²) in [5.74, 6) is 0.475. The number of nitrogens with one attached hydrogen (secondary N) is 1. The zero-order valence-electron chi connectivity index (χ0n) is 16.6. The summed E-state index contributed by atoms with van der Waals surface area (Å²) in [7, 11) is 0. The van der Waals surface area contributed by atoms with Gasteiger partial charge in [0.05, 0.1) is 22.6 Å². The smallest absolute Gasteiger partial charge is 0.408 e. The molecule has 0 saturated carbocycles. The molecule has 0 spiro atoms. The number of aromatic nitrogens is 2. The minimum atomic E-state index is -0.613. The van der Waals surface area contributed by atoms with Crippen LogP contribution in [0.5, 0.6) is 0 Å². The predicted molar refractivity (Wildman–Crippen MR) is 110 cm³/mol. The molecule has 146 valence electrons. The molecule has 0 fully saturated rings. The molecule has 1 amide bonds. The van der Waals surface area contributed by atoms with Crippen LogP contribution in [0.3, 0.4) is 0 Å². The van der Waals surface area contributed by atoms with E-state index in [9.17, 15) is 9.59 Å². The molecule has 1 heterocycles. The van der Waals surface area contributed by atoms with E-state index in [0.717, 1.165) is 0 Å². The Morgan fingerprint density at radius 3 is 2.39 bits per heavy atom. The lowest BCUT2D eigenvalue weighted by atomic mass is 10.1. The molecule has 3 rings (SSSR count). The second-order valence-electron chi connectivity index (χ2n) is 7.57. The highest BCUT2D eigenvalue weighted by atomic mass is 16.6. The normalized spacial score (nSPS) is 12.6. The van der Waals surface area contributed by atoms with Gasteiger partial charge in [0.2, 0.25) is 0 Å². The number of amides is 1. The van der Waals surface area contributed by atoms with Crippen molar-refractivity contribution in [3.63, 3.8) is 0 Å². The lowest BCUT2D eigenvalue weighted by Crippen LogP contribution is -2.37. The van der Waals surface area contributed by atoms with Crippen molar-refractivity contribution in [2.75, 3.05) is 0 Å². The highest BCUT2D eigenvalue weighted by molar-refractivity contribution is 5.78. The molecule has 0 aliphatic heterocycles. The highest BCUT2D eigenvalue weighted by Crippen LogP contribution is 2.21. The number of nitrogens with zero attached hydrogens (tertiary/aromatic N) is 2. The maximum absolute atomic E-state index is 13.3. The van der Waals surface area contributed by atoms with E-state index >= 15 is 0 Å². The van der Waals surface area contributed by atoms with Crippen LogP contribution in [0.4, 0.5) is 4.79 Å². The van der Waals surface area contributed by atoms with Crippen LogP contribution in [-0.4, -0.2) is 21.2 Å². The first-order valence-electron chi connectivity index (χ1n) is 9.37. The van der Waals surface area contributed by atoms with Gasteiger partial charge in [0.1, 0.15) is 11.4 Å². The van der Waals surface area contributed by atoms with Crippen molar-refractivity contribution >= 4 is 17.0 Å². The van der Waals surface area contributed by atoms with Gasteiger partial charge in [-0.15, -0.1) is 0 Å². The molecule has 1 aromatic heterocycles. The summed E-state index contributed by atoms with van der Waals surface area (Å²) in [6, 6.07) is 16.1. The third kappa shape index (κ3) is 4.22. The van der Waals surface area contributed by atoms with Gasteiger partial charge in [0.25, 0.3) is 5.56 Å². The Labute approximate surface area is 164 Å². The van der Waals surface area contributed by atoms with Gasteiger partial charge >= 0.3 is 6.09 Å². The fourth-order valence-electron chi connectivity index (χ4n) is 3.01. The van der Waals surface area contributed by atoms with E-state index in [1.165, 1.54) is 0 Å². The Morgan fingerprint density at radius 2 is 1.75 bits per heavy atom. The van der Waals surface area contributed by atoms with Crippen LogP contribution in [0.25, 0.3) is 16.6 Å². The second-order valence-corrected chi connectivity index (χ2v) is 7.57. The van der Waals surface area contributed by atoms with Crippen molar-refractivity contribution in [3.8, 4) is 5.69 Å². The first-order chi connectivity index (χ1) is 13.3. The minimum Gasteiger partial charge on any atom is -0.444 e. The number of carbonyl (C=O) groups is 1. The average molecular weight is 379 g/mol. The summed E-state index contributed by atoms with van der Waals surface area (Å²) >= 11 is 0. The second kappa shape index (κ2) is 7.84. The summed E-state index contributed by atoms with van der Waals surface area (Å²) in [6.07, 6.45) is 0.0120. The van der Waals surface area contributed by atoms with Crippen LogP contribution < -0.4 is 10.9 Å². The van der Waals surface area contributed by atoms with E-state index in [1.807, 2.05) is 70.2 Å². The molecule has 1 atom stereocenters. The van der Waals surface area contributed by atoms with Crippen LogP contribution >= 0.6 is 0 Å². The molecular weight excluding hydrogens is 354 g/mol. The van der Waals surface area contributed by atoms with Crippen LogP contribution in [-0.2, 0) is 4.74 Å². The van der Waals surface area contributed by atoms with E-state index in [2.05, 4.69) is 5.32 Å². The van der Waals surface area contributed by atoms with Gasteiger partial charge < -0.3 is 10.1 Å². The molecule has 0 aliphatic carbocycles. The summed E-state index contributed by atoms with van der Waals surface area (Å²) in [5, 5.41) is 3.39. The molecule has 0 radical (unpaired) electrons. The maximum atomic E-state index is 13.3. The lowest BCUT2D eigenvalue weighted by molar-refractivity contribution is 0.0499. The molecule has 0 bridgehead atoms. The topological polar surface area (TPSA) is 73.2 Å². The van der Waals surface area contributed by atoms with Gasteiger partial charge in [-0.3, -0.25) is 9.36 Å². The van der Waals surface area contributed by atoms with Gasteiger partial charge in [-0.25, -0.2) is 9.78 Å². The fourth-order valence-corrected chi connectivity index (χ4v) is 3.01. The van der Waals surface area contributed by atoms with Crippen LogP contribution in [0.1, 0.15) is 46.0 Å². The van der Waals surface area contributed by atoms with Crippen LogP contribution in [0, 0.1) is 0 Å². The van der Waals surface area contributed by atoms with Crippen molar-refractivity contribution in [1.29, 1.82) is 0 Å². The van der Waals surface area contributed by atoms with Crippen molar-refractivity contribution in [1.82, 2.24) is 14.9 Å². The first kappa shape index (κ1) is 19.6. The van der Waals surface area contributed by atoms with E-state index in [1.54, 1.807) is 16.7 Å². The third-order valence-electron chi connectivity index (χ3n) is 4.23. The van der Waals surface area contributed by atoms with Crippen LogP contribution in [0.2, 0.25) is 0 Å². The van der Waals surface area contributed by atoms with Crippen molar-refractivity contribution in [2.24, 2.45) is 0 Å². The van der Waals surface area contributed by atoms with E-state index in [4.69, 9.17) is 9.72 Å². The number of para-hydroxylation sites is 2. The first-order valence-corrected chi connectivity index (χ1v) is 9.37. The molecule has 6 nitrogen and oxygen atoms in total. The zero-order chi connectivity index (χ0) is 20.3. The van der Waals surface area contributed by atoms with E-state index in [-0.39, 0.29) is 5.56 Å². The lowest BCUT2D eigenvalue weighted by Gasteiger charge is -2.24. The molecule has 1 unspecified atom stereocenters. The third-order valence-corrected chi connectivity index (χ3v) is 4.23. The molecule has 2 aromatic carbocycles. The molecule has 0 saturated heterocycles. The SMILES string of the molecule is CCC(NC(=O)OC(C)(C)C)c1nc2ccccc2c(=O)n1-c1ccccc1. The van der Waals surface area contributed by atoms with Crippen molar-refractivity contribution in [2.45, 2.75) is 45.8 Å². The number of hydrogen-bond donors (Lipinski definition) is 1. The van der Waals surface area contributed by atoms with E-state index < -0.39 is 17.7 Å². The Hall–Kier alpha value is -3.15. The zero-order valence-corrected chi connectivity index (χ0v) is 16.6. The van der Waals surface area contributed by atoms with Gasteiger partial charge in [-0.2, -0.15) is 0 Å². The highest BCUT2D eigenvalue weighted by Gasteiger charge is 2.24. The summed E-state index contributed by atoms with van der Waals surface area (Å²) < 4.78 is 6.95. The number of rotatable bonds is 4. The number of ether oxygens (including phenoxy) is 1. The number of benzene rings is 2. The average Bonchev–Trinajstić information content (AvgIpc) is 2.65. The number of hydrogen-bond acceptors (Lipinski definition) is 4. The Kier molecular flexibility index (Phi) is 5.49. The number of carbonyl (C=O) groups excluding carboxylic acids is 1. The molecule has 0 aliphatic rings. The predicted octanol–water partition coefficient (Wildman–Crippen LogP) is 4.36. The number of fused-ring (bicyclic) bond motifs is 1. The Bertz CT molecular complexity index is 1040. The Morgan fingerprint density at radius 1 is 1.11 bits per heavy atom. The number of alkyl carbamates (subject to hydrolysis) is 1. The molecule has 3 aromatic rings. The quantitative estimate of drug-likeness (QED) is 0.731. The van der Waals surface area contributed by atoms with Gasteiger partial charge in [0.15, 0.2) is 0 Å². The molecule has 6 heteroatoms. The molecule has 28 heavy (non-hydrogen) atoms. The van der Waals surface area contributed by atoms with Crippen molar-refractivity contribution in [3.05, 3.63) is 70.8 Å². The maximum Gasteiger partial charge on any atom is 0.408 e. The minimum absolute atomic E-state index is 0.170. The molecule has 1 N–H and O–H groups in total. The fraction of sp³-hybridized carbons (Fsp3) is 0.318. The summed E-state index contributed by atoms with van der Waals surface area (Å²) in [6.45, 7) is 7.35. The van der Waals surface area contributed by atoms with Crippen LogP contribution in [0.15, 0.2) is 59.4 Å². The Balaban J connectivity index is 2.15. The van der Waals surface area contributed by atoms with E-state index in [0.29, 0.717) is 28.8 Å². The molecular formula is C22H25N3O3. The summed E-state index contributed by atoms with van der Waals surface area (Å²) in [4.78, 5) is 30.3.